The summed E-state index contributed by atoms with van der Waals surface area (Å²) in [5.41, 5.74) is 0.0374. The van der Waals surface area contributed by atoms with E-state index in [4.69, 9.17) is 18.9 Å². The minimum absolute atomic E-state index is 0.103. The summed E-state index contributed by atoms with van der Waals surface area (Å²) in [7, 11) is 0. The molecule has 0 aliphatic heterocycles. The summed E-state index contributed by atoms with van der Waals surface area (Å²) in [6.07, 6.45) is 4.29. The van der Waals surface area contributed by atoms with Crippen LogP contribution in [0.2, 0.25) is 0 Å². The van der Waals surface area contributed by atoms with Crippen molar-refractivity contribution in [2.24, 2.45) is 5.92 Å². The summed E-state index contributed by atoms with van der Waals surface area (Å²) in [5.74, 6) is 7.51. The Morgan fingerprint density at radius 3 is 2.30 bits per heavy atom. The molecule has 1 heterocycles. The van der Waals surface area contributed by atoms with Gasteiger partial charge in [0.05, 0.1) is 37.2 Å². The van der Waals surface area contributed by atoms with Crippen molar-refractivity contribution >= 4 is 0 Å². The van der Waals surface area contributed by atoms with E-state index in [1.807, 2.05) is 26.0 Å². The smallest absolute Gasteiger partial charge is 0.138 e. The summed E-state index contributed by atoms with van der Waals surface area (Å²) in [4.78, 5) is 4.40. The summed E-state index contributed by atoms with van der Waals surface area (Å²) in [6, 6.07) is 3.80. The molecule has 5 heteroatoms. The predicted octanol–water partition coefficient (Wildman–Crippen LogP) is 5.01. The Balaban J connectivity index is 1.74. The van der Waals surface area contributed by atoms with Gasteiger partial charge in [-0.3, -0.25) is 0 Å². The van der Waals surface area contributed by atoms with Gasteiger partial charge in [0.15, 0.2) is 0 Å². The number of ether oxygens (including phenoxy) is 4. The van der Waals surface area contributed by atoms with E-state index in [0.29, 0.717) is 24.8 Å². The second-order valence-corrected chi connectivity index (χ2v) is 9.87. The van der Waals surface area contributed by atoms with Crippen molar-refractivity contribution in [1.29, 1.82) is 0 Å². The second kappa shape index (κ2) is 10.6. The van der Waals surface area contributed by atoms with E-state index in [-0.39, 0.29) is 23.9 Å². The predicted molar refractivity (Wildman–Crippen MR) is 120 cm³/mol. The van der Waals surface area contributed by atoms with Crippen LogP contribution < -0.4 is 4.74 Å². The molecule has 0 aromatic carbocycles. The maximum atomic E-state index is 5.97. The zero-order chi connectivity index (χ0) is 22.4. The highest BCUT2D eigenvalue weighted by atomic mass is 16.5. The SMILES string of the molecule is CC(C)[C@@H](C)OCCOC(C)(C)C#Cc1ccc(OC2CC(OC(C)(C)C)C2)cn1. The lowest BCUT2D eigenvalue weighted by Gasteiger charge is -2.39. The van der Waals surface area contributed by atoms with Gasteiger partial charge in [0.25, 0.3) is 0 Å². The minimum Gasteiger partial charge on any atom is -0.489 e. The fraction of sp³-hybridized carbons (Fsp3) is 0.720. The maximum absolute atomic E-state index is 5.97. The van der Waals surface area contributed by atoms with Crippen molar-refractivity contribution < 1.29 is 18.9 Å². The quantitative estimate of drug-likeness (QED) is 0.417. The van der Waals surface area contributed by atoms with Crippen molar-refractivity contribution in [2.75, 3.05) is 13.2 Å². The van der Waals surface area contributed by atoms with Crippen molar-refractivity contribution in [3.05, 3.63) is 24.0 Å². The summed E-state index contributed by atoms with van der Waals surface area (Å²) < 4.78 is 23.5. The molecule has 0 amide bonds. The van der Waals surface area contributed by atoms with E-state index >= 15 is 0 Å². The third kappa shape index (κ3) is 9.04. The molecule has 0 saturated heterocycles. The molecule has 0 bridgehead atoms. The highest BCUT2D eigenvalue weighted by Crippen LogP contribution is 2.31. The van der Waals surface area contributed by atoms with E-state index in [1.54, 1.807) is 6.20 Å². The third-order valence-electron chi connectivity index (χ3n) is 4.97. The van der Waals surface area contributed by atoms with Gasteiger partial charge >= 0.3 is 0 Å². The van der Waals surface area contributed by atoms with Crippen LogP contribution in [0.15, 0.2) is 18.3 Å². The molecule has 0 spiro atoms. The molecule has 1 aromatic heterocycles. The first-order chi connectivity index (χ1) is 13.9. The van der Waals surface area contributed by atoms with E-state index in [1.165, 1.54) is 0 Å². The Morgan fingerprint density at radius 2 is 1.73 bits per heavy atom. The van der Waals surface area contributed by atoms with Crippen LogP contribution in [0, 0.1) is 17.8 Å². The molecular formula is C25H39NO4. The first-order valence-corrected chi connectivity index (χ1v) is 11.0. The van der Waals surface area contributed by atoms with Gasteiger partial charge in [-0.2, -0.15) is 0 Å². The van der Waals surface area contributed by atoms with Gasteiger partial charge in [0.1, 0.15) is 23.1 Å². The van der Waals surface area contributed by atoms with Crippen molar-refractivity contribution in [3.8, 4) is 17.6 Å². The molecule has 0 unspecified atom stereocenters. The Labute approximate surface area is 182 Å². The monoisotopic (exact) mass is 417 g/mol. The van der Waals surface area contributed by atoms with Crippen LogP contribution in [0.5, 0.6) is 5.75 Å². The molecular weight excluding hydrogens is 378 g/mol. The molecule has 1 fully saturated rings. The van der Waals surface area contributed by atoms with Crippen LogP contribution in [0.4, 0.5) is 0 Å². The van der Waals surface area contributed by atoms with Crippen LogP contribution >= 0.6 is 0 Å². The van der Waals surface area contributed by atoms with Gasteiger partial charge in [-0.15, -0.1) is 0 Å². The fourth-order valence-electron chi connectivity index (χ4n) is 2.90. The molecule has 5 nitrogen and oxygen atoms in total. The average molecular weight is 418 g/mol. The highest BCUT2D eigenvalue weighted by molar-refractivity contribution is 5.33. The van der Waals surface area contributed by atoms with Gasteiger partial charge in [-0.1, -0.05) is 19.8 Å². The van der Waals surface area contributed by atoms with Crippen LogP contribution in [0.1, 0.15) is 73.9 Å². The van der Waals surface area contributed by atoms with E-state index in [0.717, 1.165) is 18.6 Å². The number of rotatable bonds is 9. The maximum Gasteiger partial charge on any atom is 0.138 e. The average Bonchev–Trinajstić information content (AvgIpc) is 2.61. The number of hydrogen-bond acceptors (Lipinski definition) is 5. The molecule has 1 aromatic rings. The Kier molecular flexibility index (Phi) is 8.73. The van der Waals surface area contributed by atoms with E-state index in [2.05, 4.69) is 58.4 Å². The fourth-order valence-corrected chi connectivity index (χ4v) is 2.90. The normalized spacial score (nSPS) is 20.3. The summed E-state index contributed by atoms with van der Waals surface area (Å²) in [5, 5.41) is 0. The molecule has 2 rings (SSSR count). The van der Waals surface area contributed by atoms with Gasteiger partial charge in [0.2, 0.25) is 0 Å². The molecule has 0 N–H and O–H groups in total. The first-order valence-electron chi connectivity index (χ1n) is 11.0. The number of nitrogens with zero attached hydrogens (tertiary/aromatic N) is 1. The molecule has 1 aliphatic rings. The van der Waals surface area contributed by atoms with Crippen LogP contribution in [-0.4, -0.2) is 47.7 Å². The van der Waals surface area contributed by atoms with Gasteiger partial charge < -0.3 is 18.9 Å². The van der Waals surface area contributed by atoms with Crippen LogP contribution in [-0.2, 0) is 14.2 Å². The van der Waals surface area contributed by atoms with Crippen LogP contribution in [0.25, 0.3) is 0 Å². The lowest BCUT2D eigenvalue weighted by atomic mass is 9.91. The molecule has 30 heavy (non-hydrogen) atoms. The van der Waals surface area contributed by atoms with Crippen molar-refractivity contribution in [3.63, 3.8) is 0 Å². The van der Waals surface area contributed by atoms with Gasteiger partial charge in [-0.05, 0) is 65.5 Å². The summed E-state index contributed by atoms with van der Waals surface area (Å²) in [6.45, 7) is 17.6. The zero-order valence-corrected chi connectivity index (χ0v) is 20.0. The Hall–Kier alpha value is -1.61. The second-order valence-electron chi connectivity index (χ2n) is 9.87. The number of hydrogen-bond donors (Lipinski definition) is 0. The lowest BCUT2D eigenvalue weighted by Crippen LogP contribution is -2.43. The Bertz CT molecular complexity index is 703. The molecule has 1 aliphatic carbocycles. The lowest BCUT2D eigenvalue weighted by molar-refractivity contribution is -0.126. The molecule has 1 atom stereocenters. The van der Waals surface area contributed by atoms with Crippen molar-refractivity contribution in [1.82, 2.24) is 4.98 Å². The first kappa shape index (κ1) is 24.7. The molecule has 168 valence electrons. The van der Waals surface area contributed by atoms with E-state index < -0.39 is 5.60 Å². The minimum atomic E-state index is -0.560. The Morgan fingerprint density at radius 1 is 1.03 bits per heavy atom. The molecule has 1 saturated carbocycles. The van der Waals surface area contributed by atoms with Crippen LogP contribution in [0.3, 0.4) is 0 Å². The number of aromatic nitrogens is 1. The summed E-state index contributed by atoms with van der Waals surface area (Å²) >= 11 is 0. The zero-order valence-electron chi connectivity index (χ0n) is 20.0. The standard InChI is InChI=1S/C25H39NO4/c1-18(2)19(3)27-13-14-28-25(7,8)12-11-20-9-10-21(17-26-20)29-22-15-23(16-22)30-24(4,5)6/h9-10,17-19,22-23H,13-16H2,1-8H3/t19-,22?,23?/m1/s1. The largest absolute Gasteiger partial charge is 0.489 e. The number of pyridine rings is 1. The van der Waals surface area contributed by atoms with Gasteiger partial charge in [0, 0.05) is 12.8 Å². The van der Waals surface area contributed by atoms with E-state index in [9.17, 15) is 0 Å². The molecule has 0 radical (unpaired) electrons. The highest BCUT2D eigenvalue weighted by Gasteiger charge is 2.34. The topological polar surface area (TPSA) is 49.8 Å². The third-order valence-corrected chi connectivity index (χ3v) is 4.97. The van der Waals surface area contributed by atoms with Gasteiger partial charge in [-0.25, -0.2) is 4.98 Å². The van der Waals surface area contributed by atoms with Crippen molar-refractivity contribution in [2.45, 2.75) is 97.7 Å².